The van der Waals surface area contributed by atoms with Gasteiger partial charge in [-0.25, -0.2) is 15.0 Å². The Bertz CT molecular complexity index is 909. The first-order valence-electron chi connectivity index (χ1n) is 8.77. The third kappa shape index (κ3) is 2.40. The van der Waals surface area contributed by atoms with Gasteiger partial charge >= 0.3 is 0 Å². The molecule has 5 heteroatoms. The largest absolute Gasteiger partial charge is 0.302 e. The molecule has 0 spiro atoms. The van der Waals surface area contributed by atoms with Crippen LogP contribution in [0.25, 0.3) is 5.65 Å². The molecule has 5 rings (SSSR count). The molecule has 0 N–H and O–H groups in total. The van der Waals surface area contributed by atoms with Gasteiger partial charge in [-0.1, -0.05) is 6.07 Å². The van der Waals surface area contributed by atoms with Crippen molar-refractivity contribution >= 4 is 5.65 Å². The summed E-state index contributed by atoms with van der Waals surface area (Å²) < 4.78 is 2.21. The molecule has 3 aromatic heterocycles. The molecular weight excluding hydrogens is 298 g/mol. The molecule has 1 saturated carbocycles. The van der Waals surface area contributed by atoms with E-state index in [4.69, 9.17) is 4.98 Å². The Balaban J connectivity index is 1.39. The lowest BCUT2D eigenvalue weighted by atomic mass is 10.1. The highest BCUT2D eigenvalue weighted by molar-refractivity contribution is 5.42. The number of aromatic nitrogens is 4. The standard InChI is InChI=1S/C19H21N5/c1-13-17(24-8-3-2-4-18(24)21-13)12-23-9-7-16-15(11-23)10-20-19(22-16)14-5-6-14/h2-4,8,10,14H,5-7,9,11-12H2,1H3. The van der Waals surface area contributed by atoms with Gasteiger partial charge in [0.2, 0.25) is 0 Å². The van der Waals surface area contributed by atoms with E-state index in [0.29, 0.717) is 5.92 Å². The smallest absolute Gasteiger partial charge is 0.137 e. The van der Waals surface area contributed by atoms with Crippen LogP contribution >= 0.6 is 0 Å². The SMILES string of the molecule is Cc1nc2ccccn2c1CN1CCc2nc(C3CC3)ncc2C1. The monoisotopic (exact) mass is 319 g/mol. The Hall–Kier alpha value is -2.27. The number of rotatable bonds is 3. The van der Waals surface area contributed by atoms with Crippen LogP contribution in [0.1, 0.15) is 47.2 Å². The third-order valence-corrected chi connectivity index (χ3v) is 5.18. The zero-order chi connectivity index (χ0) is 16.1. The molecular formula is C19H21N5. The van der Waals surface area contributed by atoms with Crippen molar-refractivity contribution in [1.82, 2.24) is 24.3 Å². The summed E-state index contributed by atoms with van der Waals surface area (Å²) in [5, 5.41) is 0. The van der Waals surface area contributed by atoms with E-state index in [1.165, 1.54) is 29.8 Å². The second-order valence-electron chi connectivity index (χ2n) is 7.01. The first-order chi connectivity index (χ1) is 11.8. The van der Waals surface area contributed by atoms with E-state index in [1.807, 2.05) is 6.07 Å². The number of nitrogens with zero attached hydrogens (tertiary/aromatic N) is 5. The molecule has 5 nitrogen and oxygen atoms in total. The molecule has 0 radical (unpaired) electrons. The van der Waals surface area contributed by atoms with Crippen molar-refractivity contribution in [1.29, 1.82) is 0 Å². The lowest BCUT2D eigenvalue weighted by molar-refractivity contribution is 0.238. The molecule has 0 unspecified atom stereocenters. The summed E-state index contributed by atoms with van der Waals surface area (Å²) in [6.45, 7) is 5.00. The fourth-order valence-corrected chi connectivity index (χ4v) is 3.63. The molecule has 1 fully saturated rings. The topological polar surface area (TPSA) is 46.3 Å². The molecule has 0 saturated heterocycles. The summed E-state index contributed by atoms with van der Waals surface area (Å²) >= 11 is 0. The molecule has 0 amide bonds. The summed E-state index contributed by atoms with van der Waals surface area (Å²) in [5.74, 6) is 1.70. The van der Waals surface area contributed by atoms with Crippen molar-refractivity contribution in [2.75, 3.05) is 6.54 Å². The van der Waals surface area contributed by atoms with Gasteiger partial charge < -0.3 is 4.40 Å². The molecule has 0 atom stereocenters. The van der Waals surface area contributed by atoms with Crippen LogP contribution in [0.3, 0.4) is 0 Å². The molecule has 3 aromatic rings. The predicted molar refractivity (Wildman–Crippen MR) is 91.8 cm³/mol. The fraction of sp³-hybridized carbons (Fsp3) is 0.421. The quantitative estimate of drug-likeness (QED) is 0.745. The normalized spacial score (nSPS) is 18.0. The van der Waals surface area contributed by atoms with Gasteiger partial charge in [0.05, 0.1) is 11.4 Å². The number of aryl methyl sites for hydroxylation is 1. The lowest BCUT2D eigenvalue weighted by Gasteiger charge is -2.28. The number of imidazole rings is 1. The van der Waals surface area contributed by atoms with Crippen LogP contribution in [0.2, 0.25) is 0 Å². The molecule has 0 bridgehead atoms. The number of pyridine rings is 1. The van der Waals surface area contributed by atoms with Crippen LogP contribution in [0, 0.1) is 6.92 Å². The van der Waals surface area contributed by atoms with Crippen molar-refractivity contribution in [2.45, 2.75) is 45.2 Å². The van der Waals surface area contributed by atoms with Crippen molar-refractivity contribution in [2.24, 2.45) is 0 Å². The highest BCUT2D eigenvalue weighted by atomic mass is 15.2. The van der Waals surface area contributed by atoms with Gasteiger partial charge in [0.25, 0.3) is 0 Å². The Morgan fingerprint density at radius 1 is 1.21 bits per heavy atom. The van der Waals surface area contributed by atoms with Crippen LogP contribution < -0.4 is 0 Å². The summed E-state index contributed by atoms with van der Waals surface area (Å²) in [4.78, 5) is 16.6. The van der Waals surface area contributed by atoms with Gasteiger partial charge in [0.15, 0.2) is 0 Å². The first kappa shape index (κ1) is 14.1. The number of fused-ring (bicyclic) bond motifs is 2. The zero-order valence-electron chi connectivity index (χ0n) is 13.9. The fourth-order valence-electron chi connectivity index (χ4n) is 3.63. The maximum atomic E-state index is 4.82. The Morgan fingerprint density at radius 3 is 3.00 bits per heavy atom. The predicted octanol–water partition coefficient (Wildman–Crippen LogP) is 2.87. The molecule has 4 heterocycles. The van der Waals surface area contributed by atoms with E-state index in [1.54, 1.807) is 0 Å². The van der Waals surface area contributed by atoms with E-state index >= 15 is 0 Å². The molecule has 1 aliphatic heterocycles. The second-order valence-corrected chi connectivity index (χ2v) is 7.01. The van der Waals surface area contributed by atoms with Crippen LogP contribution in [-0.4, -0.2) is 30.8 Å². The van der Waals surface area contributed by atoms with Crippen molar-refractivity contribution < 1.29 is 0 Å². The minimum absolute atomic E-state index is 0.633. The average molecular weight is 319 g/mol. The summed E-state index contributed by atoms with van der Waals surface area (Å²) in [7, 11) is 0. The minimum Gasteiger partial charge on any atom is -0.302 e. The van der Waals surface area contributed by atoms with Gasteiger partial charge in [-0.15, -0.1) is 0 Å². The Labute approximate surface area is 141 Å². The maximum absolute atomic E-state index is 4.82. The Kier molecular flexibility index (Phi) is 3.16. The van der Waals surface area contributed by atoms with Gasteiger partial charge in [0.1, 0.15) is 11.5 Å². The molecule has 2 aliphatic rings. The molecule has 0 aromatic carbocycles. The second kappa shape index (κ2) is 5.38. The highest BCUT2D eigenvalue weighted by Crippen LogP contribution is 2.38. The van der Waals surface area contributed by atoms with Gasteiger partial charge in [-0.2, -0.15) is 0 Å². The van der Waals surface area contributed by atoms with E-state index in [0.717, 1.165) is 43.2 Å². The van der Waals surface area contributed by atoms with Crippen LogP contribution in [0.15, 0.2) is 30.6 Å². The van der Waals surface area contributed by atoms with E-state index in [2.05, 4.69) is 50.7 Å². The number of hydrogen-bond acceptors (Lipinski definition) is 4. The van der Waals surface area contributed by atoms with Gasteiger partial charge in [-0.05, 0) is 31.9 Å². The lowest BCUT2D eigenvalue weighted by Crippen LogP contribution is -2.31. The maximum Gasteiger partial charge on any atom is 0.137 e. The Morgan fingerprint density at radius 2 is 2.12 bits per heavy atom. The van der Waals surface area contributed by atoms with Crippen LogP contribution in [0.4, 0.5) is 0 Å². The average Bonchev–Trinajstić information content (AvgIpc) is 3.40. The van der Waals surface area contributed by atoms with E-state index in [9.17, 15) is 0 Å². The summed E-state index contributed by atoms with van der Waals surface area (Å²) in [6.07, 6.45) is 7.71. The molecule has 24 heavy (non-hydrogen) atoms. The minimum atomic E-state index is 0.633. The van der Waals surface area contributed by atoms with E-state index in [-0.39, 0.29) is 0 Å². The van der Waals surface area contributed by atoms with Crippen molar-refractivity contribution in [3.05, 3.63) is 59.1 Å². The zero-order valence-corrected chi connectivity index (χ0v) is 13.9. The summed E-state index contributed by atoms with van der Waals surface area (Å²) in [6, 6.07) is 6.17. The molecule has 1 aliphatic carbocycles. The van der Waals surface area contributed by atoms with Gasteiger partial charge in [0, 0.05) is 55.6 Å². The number of hydrogen-bond donors (Lipinski definition) is 0. The van der Waals surface area contributed by atoms with Crippen molar-refractivity contribution in [3.63, 3.8) is 0 Å². The molecule has 122 valence electrons. The summed E-state index contributed by atoms with van der Waals surface area (Å²) in [5.41, 5.74) is 5.98. The first-order valence-corrected chi connectivity index (χ1v) is 8.77. The van der Waals surface area contributed by atoms with Crippen LogP contribution in [0.5, 0.6) is 0 Å². The third-order valence-electron chi connectivity index (χ3n) is 5.18. The highest BCUT2D eigenvalue weighted by Gasteiger charge is 2.28. The van der Waals surface area contributed by atoms with Crippen molar-refractivity contribution in [3.8, 4) is 0 Å². The van der Waals surface area contributed by atoms with Gasteiger partial charge in [-0.3, -0.25) is 4.90 Å². The van der Waals surface area contributed by atoms with Crippen LogP contribution in [-0.2, 0) is 19.5 Å². The van der Waals surface area contributed by atoms with E-state index < -0.39 is 0 Å².